The Labute approximate surface area is 256 Å². The highest BCUT2D eigenvalue weighted by Gasteiger charge is 2.32. The van der Waals surface area contributed by atoms with Crippen molar-refractivity contribution in [2.24, 2.45) is 0 Å². The Balaban J connectivity index is 1.92. The smallest absolute Gasteiger partial charge is 0.355 e. The van der Waals surface area contributed by atoms with Crippen molar-refractivity contribution in [2.45, 2.75) is 32.6 Å². The Morgan fingerprint density at radius 1 is 0.867 bits per heavy atom. The number of aromatic nitrogens is 1. The SMILES string of the molecule is CNC(=O)c1ccc(C)c(-c2ccc(NC(=O)[C@H](C)NC)c(=O)n2Cc2cc(C(=O)c3ccc(F)cc3)cc(C(F)(F)F)c2)c1. The van der Waals surface area contributed by atoms with E-state index in [-0.39, 0.29) is 33.6 Å². The molecule has 0 aliphatic carbocycles. The molecule has 0 spiro atoms. The number of hydrogen-bond acceptors (Lipinski definition) is 5. The van der Waals surface area contributed by atoms with Crippen LogP contribution in [0.1, 0.15) is 49.9 Å². The van der Waals surface area contributed by atoms with Crippen LogP contribution in [0.15, 0.2) is 77.6 Å². The van der Waals surface area contributed by atoms with Crippen molar-refractivity contribution in [1.82, 2.24) is 15.2 Å². The number of amides is 2. The average Bonchev–Trinajstić information content (AvgIpc) is 3.02. The predicted molar refractivity (Wildman–Crippen MR) is 162 cm³/mol. The molecule has 2 amide bonds. The summed E-state index contributed by atoms with van der Waals surface area (Å²) in [6, 6.07) is 14.2. The van der Waals surface area contributed by atoms with E-state index in [0.29, 0.717) is 17.2 Å². The number of pyridine rings is 1. The standard InChI is InChI=1S/C33H30F4N4O4/c1-18-5-6-22(31(44)39-4)16-26(18)28-12-11-27(40-30(43)19(2)38-3)32(45)41(28)17-20-13-23(15-24(14-20)33(35,36)37)29(42)21-7-9-25(34)10-8-21/h5-16,19,38H,17H2,1-4H3,(H,39,44)(H,40,43)/t19-/m0/s1. The fourth-order valence-electron chi connectivity index (χ4n) is 4.65. The molecule has 1 atom stereocenters. The molecule has 0 saturated carbocycles. The Bertz CT molecular complexity index is 1830. The number of ketones is 1. The van der Waals surface area contributed by atoms with Gasteiger partial charge in [0.05, 0.1) is 23.8 Å². The van der Waals surface area contributed by atoms with Crippen molar-refractivity contribution < 1.29 is 31.9 Å². The molecule has 0 aliphatic heterocycles. The van der Waals surface area contributed by atoms with E-state index in [9.17, 15) is 36.7 Å². The second-order valence-corrected chi connectivity index (χ2v) is 10.4. The highest BCUT2D eigenvalue weighted by molar-refractivity contribution is 6.09. The molecule has 8 nitrogen and oxygen atoms in total. The van der Waals surface area contributed by atoms with Gasteiger partial charge in [-0.15, -0.1) is 0 Å². The minimum atomic E-state index is -4.83. The third kappa shape index (κ3) is 7.35. The van der Waals surface area contributed by atoms with E-state index in [1.54, 1.807) is 39.1 Å². The number of anilines is 1. The molecule has 3 N–H and O–H groups in total. The summed E-state index contributed by atoms with van der Waals surface area (Å²) in [5, 5.41) is 7.83. The molecule has 12 heteroatoms. The monoisotopic (exact) mass is 622 g/mol. The molecule has 4 aromatic rings. The molecular formula is C33H30F4N4O4. The van der Waals surface area contributed by atoms with Gasteiger partial charge in [-0.2, -0.15) is 13.2 Å². The lowest BCUT2D eigenvalue weighted by Gasteiger charge is -2.19. The molecule has 0 aliphatic rings. The number of halogens is 4. The number of hydrogen-bond donors (Lipinski definition) is 3. The van der Waals surface area contributed by atoms with E-state index in [2.05, 4.69) is 16.0 Å². The summed E-state index contributed by atoms with van der Waals surface area (Å²) in [6.45, 7) is 2.89. The lowest BCUT2D eigenvalue weighted by Crippen LogP contribution is -2.37. The van der Waals surface area contributed by atoms with Crippen LogP contribution in [0.4, 0.5) is 23.2 Å². The lowest BCUT2D eigenvalue weighted by molar-refractivity contribution is -0.137. The van der Waals surface area contributed by atoms with E-state index in [1.807, 2.05) is 0 Å². The Hall–Kier alpha value is -5.10. The van der Waals surface area contributed by atoms with Gasteiger partial charge in [-0.25, -0.2) is 4.39 Å². The highest BCUT2D eigenvalue weighted by Crippen LogP contribution is 2.32. The van der Waals surface area contributed by atoms with Gasteiger partial charge in [0.1, 0.15) is 11.5 Å². The summed E-state index contributed by atoms with van der Waals surface area (Å²) >= 11 is 0. The topological polar surface area (TPSA) is 109 Å². The van der Waals surface area contributed by atoms with Gasteiger partial charge >= 0.3 is 6.18 Å². The predicted octanol–water partition coefficient (Wildman–Crippen LogP) is 5.17. The first kappa shape index (κ1) is 32.8. The van der Waals surface area contributed by atoms with Crippen molar-refractivity contribution in [3.05, 3.63) is 122 Å². The maximum absolute atomic E-state index is 14.0. The van der Waals surface area contributed by atoms with Crippen LogP contribution in [0.25, 0.3) is 11.3 Å². The molecule has 234 valence electrons. The average molecular weight is 623 g/mol. The van der Waals surface area contributed by atoms with Gasteiger partial charge in [-0.1, -0.05) is 6.07 Å². The molecule has 45 heavy (non-hydrogen) atoms. The summed E-state index contributed by atoms with van der Waals surface area (Å²) < 4.78 is 56.7. The van der Waals surface area contributed by atoms with E-state index in [4.69, 9.17) is 0 Å². The Morgan fingerprint density at radius 3 is 2.16 bits per heavy atom. The maximum atomic E-state index is 14.0. The molecule has 4 rings (SSSR count). The molecular weight excluding hydrogens is 592 g/mol. The minimum absolute atomic E-state index is 0.0236. The van der Waals surface area contributed by atoms with Crippen molar-refractivity contribution >= 4 is 23.3 Å². The zero-order chi connectivity index (χ0) is 33.1. The maximum Gasteiger partial charge on any atom is 0.416 e. The van der Waals surface area contributed by atoms with Crippen LogP contribution >= 0.6 is 0 Å². The third-order valence-corrected chi connectivity index (χ3v) is 7.29. The number of nitrogens with one attached hydrogen (secondary N) is 3. The van der Waals surface area contributed by atoms with Crippen molar-refractivity contribution in [3.8, 4) is 11.3 Å². The van der Waals surface area contributed by atoms with Crippen LogP contribution in [0.5, 0.6) is 0 Å². The second-order valence-electron chi connectivity index (χ2n) is 10.4. The van der Waals surface area contributed by atoms with E-state index in [0.717, 1.165) is 18.2 Å². The van der Waals surface area contributed by atoms with Crippen LogP contribution in [0, 0.1) is 12.7 Å². The van der Waals surface area contributed by atoms with Gasteiger partial charge in [0, 0.05) is 29.3 Å². The van der Waals surface area contributed by atoms with Gasteiger partial charge in [0.25, 0.3) is 11.5 Å². The van der Waals surface area contributed by atoms with E-state index in [1.165, 1.54) is 41.9 Å². The summed E-state index contributed by atoms with van der Waals surface area (Å²) in [5.41, 5.74) is -0.697. The number of rotatable bonds is 9. The van der Waals surface area contributed by atoms with Crippen LogP contribution in [-0.2, 0) is 17.5 Å². The zero-order valence-electron chi connectivity index (χ0n) is 24.8. The fraction of sp³-hybridized carbons (Fsp3) is 0.212. The van der Waals surface area contributed by atoms with Gasteiger partial charge in [-0.3, -0.25) is 19.2 Å². The molecule has 0 unspecified atom stereocenters. The van der Waals surface area contributed by atoms with E-state index < -0.39 is 53.3 Å². The fourth-order valence-corrected chi connectivity index (χ4v) is 4.65. The van der Waals surface area contributed by atoms with Crippen LogP contribution in [0.3, 0.4) is 0 Å². The minimum Gasteiger partial charge on any atom is -0.355 e. The first-order valence-corrected chi connectivity index (χ1v) is 13.8. The molecule has 3 aromatic carbocycles. The zero-order valence-corrected chi connectivity index (χ0v) is 24.8. The Morgan fingerprint density at radius 2 is 1.53 bits per heavy atom. The summed E-state index contributed by atoms with van der Waals surface area (Å²) in [5.74, 6) is -2.30. The quantitative estimate of drug-likeness (QED) is 0.176. The third-order valence-electron chi connectivity index (χ3n) is 7.29. The number of alkyl halides is 3. The number of aryl methyl sites for hydroxylation is 1. The molecule has 0 saturated heterocycles. The first-order valence-electron chi connectivity index (χ1n) is 13.8. The molecule has 0 fully saturated rings. The Kier molecular flexibility index (Phi) is 9.67. The number of carbonyl (C=O) groups is 3. The first-order chi connectivity index (χ1) is 21.2. The van der Waals surface area contributed by atoms with Gasteiger partial charge in [0.2, 0.25) is 5.91 Å². The van der Waals surface area contributed by atoms with Crippen LogP contribution in [-0.4, -0.2) is 42.3 Å². The summed E-state index contributed by atoms with van der Waals surface area (Å²) in [4.78, 5) is 52.1. The van der Waals surface area contributed by atoms with Gasteiger partial charge in [-0.05, 0) is 98.8 Å². The normalized spacial score (nSPS) is 12.0. The van der Waals surface area contributed by atoms with Gasteiger partial charge in [0.15, 0.2) is 5.78 Å². The number of likely N-dealkylation sites (N-methyl/N-ethyl adjacent to an activating group) is 1. The largest absolute Gasteiger partial charge is 0.416 e. The number of benzene rings is 3. The summed E-state index contributed by atoms with van der Waals surface area (Å²) in [6.07, 6.45) is -4.83. The van der Waals surface area contributed by atoms with Crippen LogP contribution < -0.4 is 21.5 Å². The van der Waals surface area contributed by atoms with E-state index >= 15 is 0 Å². The van der Waals surface area contributed by atoms with Crippen LogP contribution in [0.2, 0.25) is 0 Å². The highest BCUT2D eigenvalue weighted by atomic mass is 19.4. The molecule has 0 bridgehead atoms. The second kappa shape index (κ2) is 13.3. The summed E-state index contributed by atoms with van der Waals surface area (Å²) in [7, 11) is 3.02. The van der Waals surface area contributed by atoms with Crippen molar-refractivity contribution in [3.63, 3.8) is 0 Å². The molecule has 1 aromatic heterocycles. The van der Waals surface area contributed by atoms with Crippen molar-refractivity contribution in [2.75, 3.05) is 19.4 Å². The molecule has 0 radical (unpaired) electrons. The van der Waals surface area contributed by atoms with Crippen molar-refractivity contribution in [1.29, 1.82) is 0 Å². The number of carbonyl (C=O) groups excluding carboxylic acids is 3. The molecule has 1 heterocycles. The lowest BCUT2D eigenvalue weighted by atomic mass is 9.97. The van der Waals surface area contributed by atoms with Gasteiger partial charge < -0.3 is 20.5 Å². The number of nitrogens with zero attached hydrogens (tertiary/aromatic N) is 1.